The molecular formula is C18H25FN4O2. The third-order valence-electron chi connectivity index (χ3n) is 4.71. The Labute approximate surface area is 147 Å². The van der Waals surface area contributed by atoms with Crippen LogP contribution in [0.1, 0.15) is 30.6 Å². The van der Waals surface area contributed by atoms with E-state index in [0.29, 0.717) is 25.0 Å². The second-order valence-corrected chi connectivity index (χ2v) is 6.51. The highest BCUT2D eigenvalue weighted by Gasteiger charge is 2.27. The molecule has 3 rings (SSSR count). The Kier molecular flexibility index (Phi) is 5.65. The Hall–Kier alpha value is -1.99. The van der Waals surface area contributed by atoms with E-state index in [-0.39, 0.29) is 5.82 Å². The Morgan fingerprint density at radius 2 is 2.28 bits per heavy atom. The number of halogens is 1. The number of likely N-dealkylation sites (tertiary alicyclic amines) is 1. The second kappa shape index (κ2) is 7.93. The molecule has 0 aliphatic carbocycles. The van der Waals surface area contributed by atoms with Crippen molar-refractivity contribution in [3.05, 3.63) is 41.3 Å². The van der Waals surface area contributed by atoms with Crippen LogP contribution in [0.15, 0.2) is 22.7 Å². The van der Waals surface area contributed by atoms with Gasteiger partial charge in [0.1, 0.15) is 11.6 Å². The lowest BCUT2D eigenvalue weighted by Gasteiger charge is -2.23. The van der Waals surface area contributed by atoms with Gasteiger partial charge in [0.15, 0.2) is 5.82 Å². The van der Waals surface area contributed by atoms with Crippen LogP contribution < -0.4 is 4.74 Å². The molecule has 1 aliphatic rings. The van der Waals surface area contributed by atoms with Crippen LogP contribution >= 0.6 is 0 Å². The SMILES string of the molecule is CCc1nc(CN(C)[C@@H]2CCN(Cc3cc(F)ccc3OC)C2)no1. The first-order valence-corrected chi connectivity index (χ1v) is 8.65. The molecule has 1 saturated heterocycles. The summed E-state index contributed by atoms with van der Waals surface area (Å²) in [5.74, 6) is 1.91. The van der Waals surface area contributed by atoms with Crippen molar-refractivity contribution in [1.82, 2.24) is 19.9 Å². The molecule has 2 aromatic rings. The van der Waals surface area contributed by atoms with Gasteiger partial charge in [0.2, 0.25) is 5.89 Å². The van der Waals surface area contributed by atoms with Gasteiger partial charge < -0.3 is 9.26 Å². The molecule has 25 heavy (non-hydrogen) atoms. The maximum atomic E-state index is 13.5. The maximum absolute atomic E-state index is 13.5. The van der Waals surface area contributed by atoms with Gasteiger partial charge in [-0.25, -0.2) is 4.39 Å². The van der Waals surface area contributed by atoms with E-state index in [1.165, 1.54) is 6.07 Å². The van der Waals surface area contributed by atoms with E-state index in [1.54, 1.807) is 19.2 Å². The van der Waals surface area contributed by atoms with Crippen LogP contribution in [-0.4, -0.2) is 53.2 Å². The lowest BCUT2D eigenvalue weighted by atomic mass is 10.2. The summed E-state index contributed by atoms with van der Waals surface area (Å²) < 4.78 is 24.0. The van der Waals surface area contributed by atoms with Crippen LogP contribution in [0, 0.1) is 5.82 Å². The minimum absolute atomic E-state index is 0.229. The molecular weight excluding hydrogens is 323 g/mol. The fourth-order valence-electron chi connectivity index (χ4n) is 3.28. The van der Waals surface area contributed by atoms with Crippen LogP contribution in [-0.2, 0) is 19.5 Å². The number of likely N-dealkylation sites (N-methyl/N-ethyl adjacent to an activating group) is 1. The van der Waals surface area contributed by atoms with Gasteiger partial charge in [-0.3, -0.25) is 9.80 Å². The highest BCUT2D eigenvalue weighted by molar-refractivity contribution is 5.33. The number of hydrogen-bond acceptors (Lipinski definition) is 6. The van der Waals surface area contributed by atoms with Gasteiger partial charge in [-0.2, -0.15) is 4.98 Å². The lowest BCUT2D eigenvalue weighted by molar-refractivity contribution is 0.215. The molecule has 0 radical (unpaired) electrons. The first kappa shape index (κ1) is 17.8. The zero-order valence-corrected chi connectivity index (χ0v) is 15.0. The standard InChI is InChI=1S/C18H25FN4O2/c1-4-18-20-17(21-25-18)12-22(2)15-7-8-23(11-15)10-13-9-14(19)5-6-16(13)24-3/h5-6,9,15H,4,7-8,10-12H2,1-3H3/t15-/m1/s1. The number of aromatic nitrogens is 2. The van der Waals surface area contributed by atoms with E-state index in [9.17, 15) is 4.39 Å². The smallest absolute Gasteiger partial charge is 0.226 e. The molecule has 1 fully saturated rings. The normalized spacial score (nSPS) is 18.2. The Bertz CT molecular complexity index is 706. The molecule has 1 aromatic carbocycles. The van der Waals surface area contributed by atoms with Crippen molar-refractivity contribution in [3.8, 4) is 5.75 Å². The van der Waals surface area contributed by atoms with Crippen molar-refractivity contribution in [2.45, 2.75) is 38.9 Å². The summed E-state index contributed by atoms with van der Waals surface area (Å²) in [4.78, 5) is 8.95. The van der Waals surface area contributed by atoms with Gasteiger partial charge in [0, 0.05) is 37.7 Å². The van der Waals surface area contributed by atoms with Crippen LogP contribution in [0.4, 0.5) is 4.39 Å². The number of benzene rings is 1. The third-order valence-corrected chi connectivity index (χ3v) is 4.71. The van der Waals surface area contributed by atoms with Crippen molar-refractivity contribution in [1.29, 1.82) is 0 Å². The van der Waals surface area contributed by atoms with Crippen LogP contribution in [0.2, 0.25) is 0 Å². The highest BCUT2D eigenvalue weighted by atomic mass is 19.1. The van der Waals surface area contributed by atoms with Crippen LogP contribution in [0.5, 0.6) is 5.75 Å². The first-order valence-electron chi connectivity index (χ1n) is 8.65. The fourth-order valence-corrected chi connectivity index (χ4v) is 3.28. The molecule has 136 valence electrons. The average molecular weight is 348 g/mol. The Morgan fingerprint density at radius 1 is 1.44 bits per heavy atom. The van der Waals surface area contributed by atoms with Crippen molar-refractivity contribution in [2.24, 2.45) is 0 Å². The van der Waals surface area contributed by atoms with Crippen molar-refractivity contribution in [3.63, 3.8) is 0 Å². The molecule has 0 saturated carbocycles. The summed E-state index contributed by atoms with van der Waals surface area (Å²) >= 11 is 0. The largest absolute Gasteiger partial charge is 0.496 e. The molecule has 0 spiro atoms. The fraction of sp³-hybridized carbons (Fsp3) is 0.556. The topological polar surface area (TPSA) is 54.6 Å². The third kappa shape index (κ3) is 4.35. The Morgan fingerprint density at radius 3 is 3.00 bits per heavy atom. The quantitative estimate of drug-likeness (QED) is 0.766. The number of hydrogen-bond donors (Lipinski definition) is 0. The summed E-state index contributed by atoms with van der Waals surface area (Å²) in [6.07, 6.45) is 1.82. The second-order valence-electron chi connectivity index (χ2n) is 6.51. The number of aryl methyl sites for hydroxylation is 1. The van der Waals surface area contributed by atoms with Gasteiger partial charge in [-0.1, -0.05) is 12.1 Å². The van der Waals surface area contributed by atoms with Crippen LogP contribution in [0.3, 0.4) is 0 Å². The molecule has 1 aromatic heterocycles. The summed E-state index contributed by atoms with van der Waals surface area (Å²) in [6.45, 7) is 5.26. The van der Waals surface area contributed by atoms with Gasteiger partial charge >= 0.3 is 0 Å². The summed E-state index contributed by atoms with van der Waals surface area (Å²) in [6, 6.07) is 5.09. The zero-order chi connectivity index (χ0) is 17.8. The molecule has 1 atom stereocenters. The van der Waals surface area contributed by atoms with E-state index in [4.69, 9.17) is 9.26 Å². The minimum Gasteiger partial charge on any atom is -0.496 e. The van der Waals surface area contributed by atoms with Gasteiger partial charge in [0.25, 0.3) is 0 Å². The monoisotopic (exact) mass is 348 g/mol. The van der Waals surface area contributed by atoms with E-state index >= 15 is 0 Å². The lowest BCUT2D eigenvalue weighted by Crippen LogP contribution is -2.34. The number of ether oxygens (including phenoxy) is 1. The van der Waals surface area contributed by atoms with Crippen LogP contribution in [0.25, 0.3) is 0 Å². The molecule has 7 heteroatoms. The number of rotatable bonds is 7. The molecule has 0 N–H and O–H groups in total. The summed E-state index contributed by atoms with van der Waals surface area (Å²) in [7, 11) is 3.70. The van der Waals surface area contributed by atoms with E-state index < -0.39 is 0 Å². The van der Waals surface area contributed by atoms with Gasteiger partial charge in [-0.05, 0) is 31.7 Å². The first-order chi connectivity index (χ1) is 12.1. The number of methoxy groups -OCH3 is 1. The predicted molar refractivity (Wildman–Crippen MR) is 91.8 cm³/mol. The average Bonchev–Trinajstić information content (AvgIpc) is 3.24. The zero-order valence-electron chi connectivity index (χ0n) is 15.0. The summed E-state index contributed by atoms with van der Waals surface area (Å²) in [5, 5.41) is 4.02. The van der Waals surface area contributed by atoms with Crippen molar-refractivity contribution >= 4 is 0 Å². The number of nitrogens with zero attached hydrogens (tertiary/aromatic N) is 4. The Balaban J connectivity index is 1.57. The molecule has 2 heterocycles. The van der Waals surface area contributed by atoms with E-state index in [0.717, 1.165) is 43.1 Å². The molecule has 1 aliphatic heterocycles. The predicted octanol–water partition coefficient (Wildman–Crippen LogP) is 2.49. The van der Waals surface area contributed by atoms with E-state index in [2.05, 4.69) is 27.0 Å². The molecule has 0 bridgehead atoms. The minimum atomic E-state index is -0.229. The molecule has 6 nitrogen and oxygen atoms in total. The maximum Gasteiger partial charge on any atom is 0.226 e. The van der Waals surface area contributed by atoms with Gasteiger partial charge in [0.05, 0.1) is 13.7 Å². The van der Waals surface area contributed by atoms with Crippen molar-refractivity contribution < 1.29 is 13.7 Å². The highest BCUT2D eigenvalue weighted by Crippen LogP contribution is 2.24. The summed E-state index contributed by atoms with van der Waals surface area (Å²) in [5.41, 5.74) is 0.886. The van der Waals surface area contributed by atoms with Gasteiger partial charge in [-0.15, -0.1) is 0 Å². The molecule has 0 unspecified atom stereocenters. The van der Waals surface area contributed by atoms with E-state index in [1.807, 2.05) is 6.92 Å². The molecule has 0 amide bonds. The van der Waals surface area contributed by atoms with Crippen molar-refractivity contribution in [2.75, 3.05) is 27.2 Å².